The summed E-state index contributed by atoms with van der Waals surface area (Å²) in [6.07, 6.45) is -2.50. The molecule has 0 spiro atoms. The fraction of sp³-hybridized carbons (Fsp3) is 0.533. The molecular weight excluding hydrogens is 299 g/mol. The molecule has 1 fully saturated rings. The molecular formula is C15H18F3NO3. The van der Waals surface area contributed by atoms with Crippen molar-refractivity contribution in [2.24, 2.45) is 0 Å². The summed E-state index contributed by atoms with van der Waals surface area (Å²) in [5, 5.41) is 0. The fourth-order valence-electron chi connectivity index (χ4n) is 2.48. The molecule has 122 valence electrons. The molecule has 0 aromatic heterocycles. The normalized spacial score (nSPS) is 19.2. The van der Waals surface area contributed by atoms with Gasteiger partial charge in [0.05, 0.1) is 12.7 Å². The molecule has 0 amide bonds. The Morgan fingerprint density at radius 1 is 1.41 bits per heavy atom. The molecule has 1 aliphatic heterocycles. The van der Waals surface area contributed by atoms with Gasteiger partial charge in [-0.15, -0.1) is 0 Å². The number of esters is 1. The molecule has 0 N–H and O–H groups in total. The first-order valence-electron chi connectivity index (χ1n) is 6.95. The predicted molar refractivity (Wildman–Crippen MR) is 73.9 cm³/mol. The van der Waals surface area contributed by atoms with Gasteiger partial charge in [-0.3, -0.25) is 0 Å². The molecule has 0 radical (unpaired) electrons. The lowest BCUT2D eigenvalue weighted by atomic mass is 10.1. The van der Waals surface area contributed by atoms with Crippen LogP contribution in [0.1, 0.15) is 28.8 Å². The summed E-state index contributed by atoms with van der Waals surface area (Å²) in [5.41, 5.74) is -1.11. The number of hydrogen-bond donors (Lipinski definition) is 0. The average Bonchev–Trinajstić information content (AvgIpc) is 2.88. The summed E-state index contributed by atoms with van der Waals surface area (Å²) in [4.78, 5) is 13.8. The summed E-state index contributed by atoms with van der Waals surface area (Å²) >= 11 is 0. The number of carbonyl (C=O) groups is 1. The van der Waals surface area contributed by atoms with Crippen LogP contribution < -0.4 is 4.74 Å². The third-order valence-electron chi connectivity index (χ3n) is 3.81. The molecule has 1 heterocycles. The van der Waals surface area contributed by atoms with Gasteiger partial charge in [-0.1, -0.05) is 0 Å². The number of halogens is 3. The molecule has 22 heavy (non-hydrogen) atoms. The number of likely N-dealkylation sites (N-methyl/N-ethyl adjacent to an activating group) is 1. The Morgan fingerprint density at radius 3 is 2.68 bits per heavy atom. The van der Waals surface area contributed by atoms with Crippen molar-refractivity contribution < 1.29 is 27.4 Å². The number of likely N-dealkylation sites (tertiary alicyclic amines) is 1. The summed E-state index contributed by atoms with van der Waals surface area (Å²) in [6, 6.07) is 3.04. The van der Waals surface area contributed by atoms with Crippen molar-refractivity contribution in [2.45, 2.75) is 25.1 Å². The van der Waals surface area contributed by atoms with Crippen molar-refractivity contribution in [2.75, 3.05) is 27.3 Å². The van der Waals surface area contributed by atoms with Crippen LogP contribution in [0.25, 0.3) is 0 Å². The molecule has 2 rings (SSSR count). The molecule has 0 bridgehead atoms. The highest BCUT2D eigenvalue weighted by Gasteiger charge is 2.32. The smallest absolute Gasteiger partial charge is 0.416 e. The van der Waals surface area contributed by atoms with E-state index in [2.05, 4.69) is 9.64 Å². The Bertz CT molecular complexity index is 545. The van der Waals surface area contributed by atoms with Gasteiger partial charge in [0.15, 0.2) is 0 Å². The third-order valence-corrected chi connectivity index (χ3v) is 3.81. The molecule has 4 nitrogen and oxygen atoms in total. The van der Waals surface area contributed by atoms with E-state index in [1.165, 1.54) is 6.07 Å². The molecule has 0 aliphatic carbocycles. The predicted octanol–water partition coefficient (Wildman–Crippen LogP) is 2.97. The van der Waals surface area contributed by atoms with Crippen LogP contribution in [-0.2, 0) is 10.9 Å². The van der Waals surface area contributed by atoms with E-state index in [1.807, 2.05) is 7.05 Å². The Morgan fingerprint density at radius 2 is 2.14 bits per heavy atom. The van der Waals surface area contributed by atoms with E-state index in [-0.39, 0.29) is 17.4 Å². The lowest BCUT2D eigenvalue weighted by molar-refractivity contribution is -0.137. The van der Waals surface area contributed by atoms with Crippen LogP contribution in [0, 0.1) is 0 Å². The monoisotopic (exact) mass is 317 g/mol. The van der Waals surface area contributed by atoms with Gasteiger partial charge in [0, 0.05) is 6.04 Å². The zero-order valence-electron chi connectivity index (χ0n) is 12.4. The highest BCUT2D eigenvalue weighted by molar-refractivity contribution is 5.92. The van der Waals surface area contributed by atoms with E-state index < -0.39 is 17.7 Å². The van der Waals surface area contributed by atoms with Crippen LogP contribution in [0.15, 0.2) is 18.2 Å². The zero-order valence-corrected chi connectivity index (χ0v) is 12.4. The Balaban J connectivity index is 2.20. The van der Waals surface area contributed by atoms with Crippen LogP contribution in [0.4, 0.5) is 13.2 Å². The number of rotatable bonds is 4. The van der Waals surface area contributed by atoms with Gasteiger partial charge in [-0.2, -0.15) is 13.2 Å². The molecule has 1 aliphatic rings. The van der Waals surface area contributed by atoms with Gasteiger partial charge in [-0.05, 0) is 44.6 Å². The number of hydrogen-bond acceptors (Lipinski definition) is 4. The number of ether oxygens (including phenoxy) is 2. The first kappa shape index (κ1) is 16.6. The van der Waals surface area contributed by atoms with Gasteiger partial charge in [0.2, 0.25) is 0 Å². The summed E-state index contributed by atoms with van der Waals surface area (Å²) < 4.78 is 48.4. The SMILES string of the molecule is COC(=O)c1cc(C(F)(F)F)ccc1OC[C@@H]1CCCN1C. The number of nitrogens with zero attached hydrogens (tertiary/aromatic N) is 1. The van der Waals surface area contributed by atoms with E-state index in [0.717, 1.165) is 38.6 Å². The average molecular weight is 317 g/mol. The lowest BCUT2D eigenvalue weighted by Gasteiger charge is -2.20. The van der Waals surface area contributed by atoms with Crippen molar-refractivity contribution in [3.8, 4) is 5.75 Å². The third kappa shape index (κ3) is 3.71. The van der Waals surface area contributed by atoms with Crippen LogP contribution in [0.3, 0.4) is 0 Å². The van der Waals surface area contributed by atoms with Crippen molar-refractivity contribution in [1.29, 1.82) is 0 Å². The number of alkyl halides is 3. The molecule has 1 saturated heterocycles. The standard InChI is InChI=1S/C15H18F3NO3/c1-19-7-3-4-11(19)9-22-13-6-5-10(15(16,17)18)8-12(13)14(20)21-2/h5-6,8,11H,3-4,7,9H2,1-2H3/t11-/m0/s1. The van der Waals surface area contributed by atoms with Crippen LogP contribution >= 0.6 is 0 Å². The number of benzene rings is 1. The van der Waals surface area contributed by atoms with Crippen molar-refractivity contribution in [3.63, 3.8) is 0 Å². The zero-order chi connectivity index (χ0) is 16.3. The second-order valence-electron chi connectivity index (χ2n) is 5.29. The minimum absolute atomic E-state index is 0.111. The van der Waals surface area contributed by atoms with E-state index >= 15 is 0 Å². The van der Waals surface area contributed by atoms with Crippen LogP contribution in [0.2, 0.25) is 0 Å². The summed E-state index contributed by atoms with van der Waals surface area (Å²) in [6.45, 7) is 1.29. The Labute approximate surface area is 126 Å². The highest BCUT2D eigenvalue weighted by atomic mass is 19.4. The number of carbonyl (C=O) groups excluding carboxylic acids is 1. The second-order valence-corrected chi connectivity index (χ2v) is 5.29. The second kappa shape index (κ2) is 6.56. The van der Waals surface area contributed by atoms with E-state index in [1.54, 1.807) is 0 Å². The minimum atomic E-state index is -4.52. The topological polar surface area (TPSA) is 38.8 Å². The quantitative estimate of drug-likeness (QED) is 0.800. The van der Waals surface area contributed by atoms with Crippen LogP contribution in [-0.4, -0.2) is 44.2 Å². The highest BCUT2D eigenvalue weighted by Crippen LogP contribution is 2.33. The van der Waals surface area contributed by atoms with Crippen molar-refractivity contribution in [1.82, 2.24) is 4.90 Å². The Kier molecular flexibility index (Phi) is 4.95. The summed E-state index contributed by atoms with van der Waals surface area (Å²) in [7, 11) is 3.09. The maximum Gasteiger partial charge on any atom is 0.416 e. The van der Waals surface area contributed by atoms with E-state index in [0.29, 0.717) is 6.61 Å². The van der Waals surface area contributed by atoms with Gasteiger partial charge in [0.1, 0.15) is 17.9 Å². The van der Waals surface area contributed by atoms with Crippen molar-refractivity contribution >= 4 is 5.97 Å². The van der Waals surface area contributed by atoms with E-state index in [9.17, 15) is 18.0 Å². The number of methoxy groups -OCH3 is 1. The first-order chi connectivity index (χ1) is 10.3. The van der Waals surface area contributed by atoms with Gasteiger partial charge in [0.25, 0.3) is 0 Å². The maximum atomic E-state index is 12.8. The van der Waals surface area contributed by atoms with Crippen molar-refractivity contribution in [3.05, 3.63) is 29.3 Å². The van der Waals surface area contributed by atoms with Crippen LogP contribution in [0.5, 0.6) is 5.75 Å². The molecule has 0 unspecified atom stereocenters. The largest absolute Gasteiger partial charge is 0.491 e. The van der Waals surface area contributed by atoms with Gasteiger partial charge < -0.3 is 14.4 Å². The molecule has 0 saturated carbocycles. The van der Waals surface area contributed by atoms with Gasteiger partial charge in [-0.25, -0.2) is 4.79 Å². The molecule has 1 aromatic rings. The Hall–Kier alpha value is -1.76. The van der Waals surface area contributed by atoms with Gasteiger partial charge >= 0.3 is 12.1 Å². The maximum absolute atomic E-state index is 12.8. The first-order valence-corrected chi connectivity index (χ1v) is 6.95. The lowest BCUT2D eigenvalue weighted by Crippen LogP contribution is -2.30. The minimum Gasteiger partial charge on any atom is -0.491 e. The molecule has 1 atom stereocenters. The fourth-order valence-corrected chi connectivity index (χ4v) is 2.48. The van der Waals surface area contributed by atoms with E-state index in [4.69, 9.17) is 4.74 Å². The molecule has 7 heteroatoms. The summed E-state index contributed by atoms with van der Waals surface area (Å²) in [5.74, 6) is -0.735. The molecule has 1 aromatic carbocycles.